The molecule has 0 spiro atoms. The molecule has 0 unspecified atom stereocenters. The van der Waals surface area contributed by atoms with Crippen molar-refractivity contribution in [2.24, 2.45) is 0 Å². The second-order valence-corrected chi connectivity index (χ2v) is 4.88. The van der Waals surface area contributed by atoms with Crippen LogP contribution in [0.3, 0.4) is 0 Å². The lowest BCUT2D eigenvalue weighted by Gasteiger charge is -2.07. The summed E-state index contributed by atoms with van der Waals surface area (Å²) in [6.07, 6.45) is 3.08. The fraction of sp³-hybridized carbons (Fsp3) is 0.375. The molecule has 2 rings (SSSR count). The van der Waals surface area contributed by atoms with Crippen LogP contribution in [0.1, 0.15) is 47.1 Å². The second-order valence-electron chi connectivity index (χ2n) is 4.88. The van der Waals surface area contributed by atoms with Gasteiger partial charge in [0.2, 0.25) is 0 Å². The normalized spacial score (nSPS) is 10.6. The van der Waals surface area contributed by atoms with E-state index < -0.39 is 0 Å². The number of rotatable bonds is 5. The van der Waals surface area contributed by atoms with Crippen molar-refractivity contribution >= 4 is 11.9 Å². The maximum atomic E-state index is 12.3. The lowest BCUT2D eigenvalue weighted by Crippen LogP contribution is -2.14. The molecule has 1 N–H and O–H groups in total. The highest BCUT2D eigenvalue weighted by Crippen LogP contribution is 2.17. The van der Waals surface area contributed by atoms with Crippen molar-refractivity contribution in [3.63, 3.8) is 0 Å². The number of hydrogen-bond donors (Lipinski definition) is 1. The molecule has 2 aromatic rings. The molecule has 0 aliphatic heterocycles. The number of unbranched alkanes of at least 4 members (excludes halogenated alkanes) is 1. The molecule has 0 fully saturated rings. The Labute approximate surface area is 119 Å². The molecule has 0 atom stereocenters. The number of oxazole rings is 1. The average Bonchev–Trinajstić information content (AvgIpc) is 2.75. The maximum absolute atomic E-state index is 12.3. The Morgan fingerprint density at radius 1 is 1.30 bits per heavy atom. The minimum atomic E-state index is -0.169. The number of amides is 1. The average molecular weight is 272 g/mol. The number of nitrogens with zero attached hydrogens (tertiary/aromatic N) is 1. The quantitative estimate of drug-likeness (QED) is 0.898. The van der Waals surface area contributed by atoms with Gasteiger partial charge in [0.15, 0.2) is 0 Å². The van der Waals surface area contributed by atoms with Gasteiger partial charge in [-0.05, 0) is 38.3 Å². The SMILES string of the molecule is CCCCc1ccccc1C(=O)Nc1nc(C)c(C)o1. The van der Waals surface area contributed by atoms with E-state index in [1.54, 1.807) is 0 Å². The van der Waals surface area contributed by atoms with Gasteiger partial charge in [-0.3, -0.25) is 10.1 Å². The van der Waals surface area contributed by atoms with Crippen LogP contribution >= 0.6 is 0 Å². The van der Waals surface area contributed by atoms with E-state index in [2.05, 4.69) is 17.2 Å². The van der Waals surface area contributed by atoms with Crippen LogP contribution in [0.4, 0.5) is 6.01 Å². The van der Waals surface area contributed by atoms with E-state index in [1.165, 1.54) is 0 Å². The maximum Gasteiger partial charge on any atom is 0.302 e. The van der Waals surface area contributed by atoms with Crippen LogP contribution in [0.25, 0.3) is 0 Å². The predicted octanol–water partition coefficient (Wildman–Crippen LogP) is 3.89. The number of aromatic nitrogens is 1. The van der Waals surface area contributed by atoms with Gasteiger partial charge in [0, 0.05) is 5.56 Å². The van der Waals surface area contributed by atoms with E-state index in [-0.39, 0.29) is 11.9 Å². The first-order chi connectivity index (χ1) is 9.61. The Hall–Kier alpha value is -2.10. The number of aryl methyl sites for hydroxylation is 3. The molecule has 0 saturated heterocycles. The molecular weight excluding hydrogens is 252 g/mol. The summed E-state index contributed by atoms with van der Waals surface area (Å²) in [4.78, 5) is 16.5. The van der Waals surface area contributed by atoms with Crippen molar-refractivity contribution in [1.29, 1.82) is 0 Å². The molecule has 0 saturated carbocycles. The van der Waals surface area contributed by atoms with Crippen LogP contribution in [-0.2, 0) is 6.42 Å². The fourth-order valence-corrected chi connectivity index (χ4v) is 2.02. The van der Waals surface area contributed by atoms with Crippen LogP contribution in [0.5, 0.6) is 0 Å². The molecule has 0 aliphatic carbocycles. The molecule has 1 heterocycles. The van der Waals surface area contributed by atoms with Crippen molar-refractivity contribution < 1.29 is 9.21 Å². The number of carbonyl (C=O) groups is 1. The molecule has 4 heteroatoms. The molecular formula is C16H20N2O2. The van der Waals surface area contributed by atoms with Crippen molar-refractivity contribution in [3.05, 3.63) is 46.8 Å². The first-order valence-corrected chi connectivity index (χ1v) is 6.95. The zero-order chi connectivity index (χ0) is 14.5. The third-order valence-electron chi connectivity index (χ3n) is 3.31. The number of hydrogen-bond acceptors (Lipinski definition) is 3. The Morgan fingerprint density at radius 2 is 2.05 bits per heavy atom. The highest BCUT2D eigenvalue weighted by molar-refractivity contribution is 6.04. The van der Waals surface area contributed by atoms with Gasteiger partial charge in [-0.15, -0.1) is 0 Å². The molecule has 1 aromatic carbocycles. The molecule has 20 heavy (non-hydrogen) atoms. The molecule has 1 amide bonds. The lowest BCUT2D eigenvalue weighted by atomic mass is 10.0. The molecule has 0 radical (unpaired) electrons. The van der Waals surface area contributed by atoms with Gasteiger partial charge in [0.05, 0.1) is 5.69 Å². The fourth-order valence-electron chi connectivity index (χ4n) is 2.02. The molecule has 106 valence electrons. The van der Waals surface area contributed by atoms with Gasteiger partial charge in [-0.25, -0.2) is 0 Å². The number of benzene rings is 1. The summed E-state index contributed by atoms with van der Waals surface area (Å²) in [5, 5.41) is 2.72. The Morgan fingerprint density at radius 3 is 2.70 bits per heavy atom. The number of anilines is 1. The zero-order valence-corrected chi connectivity index (χ0v) is 12.2. The van der Waals surface area contributed by atoms with E-state index in [1.807, 2.05) is 38.1 Å². The largest absolute Gasteiger partial charge is 0.428 e. The van der Waals surface area contributed by atoms with E-state index in [0.29, 0.717) is 5.56 Å². The summed E-state index contributed by atoms with van der Waals surface area (Å²) >= 11 is 0. The van der Waals surface area contributed by atoms with Crippen molar-refractivity contribution in [3.8, 4) is 0 Å². The summed E-state index contributed by atoms with van der Waals surface area (Å²) in [6, 6.07) is 7.92. The van der Waals surface area contributed by atoms with E-state index in [9.17, 15) is 4.79 Å². The van der Waals surface area contributed by atoms with Crippen LogP contribution < -0.4 is 5.32 Å². The van der Waals surface area contributed by atoms with Crippen LogP contribution in [0.15, 0.2) is 28.7 Å². The second kappa shape index (κ2) is 6.37. The first-order valence-electron chi connectivity index (χ1n) is 6.95. The first kappa shape index (κ1) is 14.3. The molecule has 1 aromatic heterocycles. The summed E-state index contributed by atoms with van der Waals surface area (Å²) in [7, 11) is 0. The summed E-state index contributed by atoms with van der Waals surface area (Å²) in [5.41, 5.74) is 2.54. The van der Waals surface area contributed by atoms with E-state index >= 15 is 0 Å². The molecule has 0 aliphatic rings. The van der Waals surface area contributed by atoms with Gasteiger partial charge in [0.25, 0.3) is 5.91 Å². The van der Waals surface area contributed by atoms with Crippen molar-refractivity contribution in [2.75, 3.05) is 5.32 Å². The smallest absolute Gasteiger partial charge is 0.302 e. The highest BCUT2D eigenvalue weighted by atomic mass is 16.4. The third kappa shape index (κ3) is 3.26. The Bertz CT molecular complexity index is 583. The van der Waals surface area contributed by atoms with Gasteiger partial charge < -0.3 is 4.42 Å². The number of carbonyl (C=O) groups excluding carboxylic acids is 1. The summed E-state index contributed by atoms with van der Waals surface area (Å²) < 4.78 is 5.38. The van der Waals surface area contributed by atoms with Crippen LogP contribution in [0.2, 0.25) is 0 Å². The van der Waals surface area contributed by atoms with E-state index in [0.717, 1.165) is 36.3 Å². The lowest BCUT2D eigenvalue weighted by molar-refractivity contribution is 0.102. The van der Waals surface area contributed by atoms with Gasteiger partial charge in [-0.1, -0.05) is 31.5 Å². The Kier molecular flexibility index (Phi) is 4.56. The highest BCUT2D eigenvalue weighted by Gasteiger charge is 2.14. The van der Waals surface area contributed by atoms with Crippen molar-refractivity contribution in [2.45, 2.75) is 40.0 Å². The van der Waals surface area contributed by atoms with Gasteiger partial charge in [0.1, 0.15) is 5.76 Å². The number of nitrogens with one attached hydrogen (secondary N) is 1. The summed E-state index contributed by atoms with van der Waals surface area (Å²) in [5.74, 6) is 0.553. The molecule has 0 bridgehead atoms. The monoisotopic (exact) mass is 272 g/mol. The minimum Gasteiger partial charge on any atom is -0.428 e. The van der Waals surface area contributed by atoms with Gasteiger partial charge in [-0.2, -0.15) is 4.98 Å². The van der Waals surface area contributed by atoms with E-state index in [4.69, 9.17) is 4.42 Å². The van der Waals surface area contributed by atoms with Crippen molar-refractivity contribution in [1.82, 2.24) is 4.98 Å². The molecule has 4 nitrogen and oxygen atoms in total. The summed E-state index contributed by atoms with van der Waals surface area (Å²) in [6.45, 7) is 5.82. The zero-order valence-electron chi connectivity index (χ0n) is 12.2. The minimum absolute atomic E-state index is 0.169. The topological polar surface area (TPSA) is 55.1 Å². The Balaban J connectivity index is 2.16. The standard InChI is InChI=1S/C16H20N2O2/c1-4-5-8-13-9-6-7-10-14(13)15(19)18-16-17-11(2)12(3)20-16/h6-7,9-10H,4-5,8H2,1-3H3,(H,17,18,19). The third-order valence-corrected chi connectivity index (χ3v) is 3.31. The van der Waals surface area contributed by atoms with Gasteiger partial charge >= 0.3 is 6.01 Å². The van der Waals surface area contributed by atoms with Crippen LogP contribution in [0, 0.1) is 13.8 Å². The van der Waals surface area contributed by atoms with Crippen LogP contribution in [-0.4, -0.2) is 10.9 Å². The predicted molar refractivity (Wildman–Crippen MR) is 79.0 cm³/mol.